The highest BCUT2D eigenvalue weighted by molar-refractivity contribution is 7.90. The third-order valence-corrected chi connectivity index (χ3v) is 6.16. The highest BCUT2D eigenvalue weighted by Gasteiger charge is 2.21. The van der Waals surface area contributed by atoms with Crippen molar-refractivity contribution in [2.24, 2.45) is 0 Å². The Morgan fingerprint density at radius 3 is 2.78 bits per heavy atom. The molecule has 0 spiro atoms. The summed E-state index contributed by atoms with van der Waals surface area (Å²) in [6.07, 6.45) is 2.51. The van der Waals surface area contributed by atoms with Crippen molar-refractivity contribution in [3.63, 3.8) is 0 Å². The van der Waals surface area contributed by atoms with Crippen LogP contribution in [-0.2, 0) is 23.0 Å². The SMILES string of the molecule is O=S(=O)(c1ccc2c(c1)CNCC2)n1ccc2ccc(Cl)cc21. The van der Waals surface area contributed by atoms with Gasteiger partial charge < -0.3 is 5.32 Å². The second-order valence-electron chi connectivity index (χ2n) is 5.68. The molecule has 4 rings (SSSR count). The van der Waals surface area contributed by atoms with Crippen LogP contribution < -0.4 is 5.32 Å². The van der Waals surface area contributed by atoms with E-state index in [2.05, 4.69) is 5.32 Å². The van der Waals surface area contributed by atoms with E-state index in [0.717, 1.165) is 23.9 Å². The fourth-order valence-electron chi connectivity index (χ4n) is 3.02. The van der Waals surface area contributed by atoms with Crippen LogP contribution in [-0.4, -0.2) is 18.9 Å². The van der Waals surface area contributed by atoms with E-state index < -0.39 is 10.0 Å². The highest BCUT2D eigenvalue weighted by atomic mass is 35.5. The van der Waals surface area contributed by atoms with Gasteiger partial charge in [0.2, 0.25) is 0 Å². The van der Waals surface area contributed by atoms with Gasteiger partial charge in [0.1, 0.15) is 0 Å². The van der Waals surface area contributed by atoms with E-state index >= 15 is 0 Å². The number of aromatic nitrogens is 1. The number of rotatable bonds is 2. The monoisotopic (exact) mass is 346 g/mol. The Kier molecular flexibility index (Phi) is 3.44. The molecule has 3 aromatic rings. The molecular formula is C17H15ClN2O2S. The second-order valence-corrected chi connectivity index (χ2v) is 7.93. The molecule has 1 aromatic heterocycles. The van der Waals surface area contributed by atoms with Crippen LogP contribution in [0.25, 0.3) is 10.9 Å². The molecule has 0 radical (unpaired) electrons. The van der Waals surface area contributed by atoms with Gasteiger partial charge in [-0.3, -0.25) is 0 Å². The summed E-state index contributed by atoms with van der Waals surface area (Å²) in [5.74, 6) is 0. The largest absolute Gasteiger partial charge is 0.312 e. The van der Waals surface area contributed by atoms with Crippen LogP contribution in [0.4, 0.5) is 0 Å². The van der Waals surface area contributed by atoms with E-state index in [1.54, 1.807) is 36.5 Å². The molecule has 4 nitrogen and oxygen atoms in total. The average molecular weight is 347 g/mol. The highest BCUT2D eigenvalue weighted by Crippen LogP contribution is 2.26. The molecule has 0 saturated heterocycles. The van der Waals surface area contributed by atoms with Crippen LogP contribution in [0.1, 0.15) is 11.1 Å². The zero-order valence-electron chi connectivity index (χ0n) is 12.3. The summed E-state index contributed by atoms with van der Waals surface area (Å²) >= 11 is 6.02. The van der Waals surface area contributed by atoms with Gasteiger partial charge >= 0.3 is 0 Å². The van der Waals surface area contributed by atoms with Crippen LogP contribution in [0.15, 0.2) is 53.6 Å². The number of nitrogens with one attached hydrogen (secondary N) is 1. The summed E-state index contributed by atoms with van der Waals surface area (Å²) in [6.45, 7) is 1.64. The summed E-state index contributed by atoms with van der Waals surface area (Å²) in [4.78, 5) is 0.303. The summed E-state index contributed by atoms with van der Waals surface area (Å²) in [5, 5.41) is 4.63. The molecule has 0 unspecified atom stereocenters. The quantitative estimate of drug-likeness (QED) is 0.775. The third kappa shape index (κ3) is 2.45. The molecule has 0 bridgehead atoms. The Balaban J connectivity index is 1.88. The second kappa shape index (κ2) is 5.37. The number of benzene rings is 2. The maximum atomic E-state index is 13.0. The molecule has 2 aromatic carbocycles. The summed E-state index contributed by atoms with van der Waals surface area (Å²) in [5.41, 5.74) is 2.85. The molecule has 0 saturated carbocycles. The summed E-state index contributed by atoms with van der Waals surface area (Å²) in [7, 11) is -3.64. The zero-order chi connectivity index (χ0) is 16.0. The molecule has 23 heavy (non-hydrogen) atoms. The van der Waals surface area contributed by atoms with E-state index in [1.807, 2.05) is 12.1 Å². The Labute approximate surface area is 139 Å². The van der Waals surface area contributed by atoms with Gasteiger partial charge in [-0.1, -0.05) is 23.7 Å². The van der Waals surface area contributed by atoms with Crippen molar-refractivity contribution < 1.29 is 8.42 Å². The first kappa shape index (κ1) is 14.8. The Morgan fingerprint density at radius 2 is 1.91 bits per heavy atom. The van der Waals surface area contributed by atoms with Crippen molar-refractivity contribution in [2.45, 2.75) is 17.9 Å². The number of nitrogens with zero attached hydrogens (tertiary/aromatic N) is 1. The minimum atomic E-state index is -3.64. The van der Waals surface area contributed by atoms with Crippen LogP contribution in [0.2, 0.25) is 5.02 Å². The van der Waals surface area contributed by atoms with E-state index in [1.165, 1.54) is 9.54 Å². The first-order valence-electron chi connectivity index (χ1n) is 7.40. The molecule has 0 fully saturated rings. The van der Waals surface area contributed by atoms with Crippen molar-refractivity contribution in [3.8, 4) is 0 Å². The number of halogens is 1. The fraction of sp³-hybridized carbons (Fsp3) is 0.176. The smallest absolute Gasteiger partial charge is 0.268 e. The van der Waals surface area contributed by atoms with Gasteiger partial charge in [0.15, 0.2) is 0 Å². The molecule has 6 heteroatoms. The number of hydrogen-bond acceptors (Lipinski definition) is 3. The predicted octanol–water partition coefficient (Wildman–Crippen LogP) is 3.18. The Morgan fingerprint density at radius 1 is 1.04 bits per heavy atom. The lowest BCUT2D eigenvalue weighted by Crippen LogP contribution is -2.24. The maximum absolute atomic E-state index is 13.0. The molecule has 1 N–H and O–H groups in total. The first-order valence-corrected chi connectivity index (χ1v) is 9.22. The van der Waals surface area contributed by atoms with Crippen LogP contribution in [0.5, 0.6) is 0 Å². The molecule has 1 aliphatic rings. The first-order chi connectivity index (χ1) is 11.1. The van der Waals surface area contributed by atoms with Gasteiger partial charge in [-0.2, -0.15) is 0 Å². The third-order valence-electron chi connectivity index (χ3n) is 4.24. The van der Waals surface area contributed by atoms with Crippen molar-refractivity contribution in [3.05, 3.63) is 64.8 Å². The summed E-state index contributed by atoms with van der Waals surface area (Å²) < 4.78 is 27.3. The van der Waals surface area contributed by atoms with Crippen molar-refractivity contribution in [2.75, 3.05) is 6.54 Å². The fourth-order valence-corrected chi connectivity index (χ4v) is 4.58. The Hall–Kier alpha value is -1.82. The normalized spacial score (nSPS) is 14.8. The molecule has 1 aliphatic heterocycles. The van der Waals surface area contributed by atoms with Crippen molar-refractivity contribution in [1.29, 1.82) is 0 Å². The van der Waals surface area contributed by atoms with Gasteiger partial charge in [0.05, 0.1) is 10.4 Å². The summed E-state index contributed by atoms with van der Waals surface area (Å²) in [6, 6.07) is 12.4. The minimum absolute atomic E-state index is 0.303. The van der Waals surface area contributed by atoms with Crippen molar-refractivity contribution >= 4 is 32.5 Å². The van der Waals surface area contributed by atoms with Gasteiger partial charge in [-0.05, 0) is 54.4 Å². The number of fused-ring (bicyclic) bond motifs is 2. The van der Waals surface area contributed by atoms with E-state index in [9.17, 15) is 8.42 Å². The minimum Gasteiger partial charge on any atom is -0.312 e. The van der Waals surface area contributed by atoms with Gasteiger partial charge in [-0.15, -0.1) is 0 Å². The van der Waals surface area contributed by atoms with E-state index in [4.69, 9.17) is 11.6 Å². The molecule has 118 valence electrons. The molecular weight excluding hydrogens is 332 g/mol. The standard InChI is InChI=1S/C17H15ClN2O2S/c18-15-3-1-13-6-8-20(17(13)10-15)23(21,22)16-4-2-12-5-7-19-11-14(12)9-16/h1-4,6,8-10,19H,5,7,11H2. The molecule has 0 amide bonds. The van der Waals surface area contributed by atoms with Gasteiger partial charge in [0, 0.05) is 23.2 Å². The van der Waals surface area contributed by atoms with E-state index in [0.29, 0.717) is 22.0 Å². The number of hydrogen-bond donors (Lipinski definition) is 1. The lowest BCUT2D eigenvalue weighted by Gasteiger charge is -2.18. The molecule has 0 aliphatic carbocycles. The lowest BCUT2D eigenvalue weighted by molar-refractivity contribution is 0.588. The van der Waals surface area contributed by atoms with Crippen LogP contribution >= 0.6 is 11.6 Å². The molecule has 2 heterocycles. The van der Waals surface area contributed by atoms with E-state index in [-0.39, 0.29) is 0 Å². The predicted molar refractivity (Wildman–Crippen MR) is 91.4 cm³/mol. The van der Waals surface area contributed by atoms with Crippen molar-refractivity contribution in [1.82, 2.24) is 9.29 Å². The average Bonchev–Trinajstić information content (AvgIpc) is 2.98. The topological polar surface area (TPSA) is 51.1 Å². The van der Waals surface area contributed by atoms with Gasteiger partial charge in [-0.25, -0.2) is 12.4 Å². The maximum Gasteiger partial charge on any atom is 0.268 e. The van der Waals surface area contributed by atoms with Gasteiger partial charge in [0.25, 0.3) is 10.0 Å². The lowest BCUT2D eigenvalue weighted by atomic mass is 10.0. The zero-order valence-corrected chi connectivity index (χ0v) is 13.9. The molecule has 0 atom stereocenters. The van der Waals surface area contributed by atoms with Crippen LogP contribution in [0, 0.1) is 0 Å². The van der Waals surface area contributed by atoms with Crippen LogP contribution in [0.3, 0.4) is 0 Å². The Bertz CT molecular complexity index is 1010.